The minimum Gasteiger partial charge on any atom is -0.479 e. The number of hydrogen-bond donors (Lipinski definition) is 2. The average molecular weight is 238 g/mol. The first kappa shape index (κ1) is 16.0. The molecule has 2 N–H and O–H groups in total. The molecule has 1 unspecified atom stereocenters. The Balaban J connectivity index is 0. The van der Waals surface area contributed by atoms with Crippen LogP contribution in [0.1, 0.15) is 6.92 Å². The van der Waals surface area contributed by atoms with Gasteiger partial charge in [-0.3, -0.25) is 0 Å². The summed E-state index contributed by atoms with van der Waals surface area (Å²) in [4.78, 5) is 18.6. The van der Waals surface area contributed by atoms with Crippen molar-refractivity contribution in [1.29, 1.82) is 0 Å². The molecule has 0 aromatic rings. The van der Waals surface area contributed by atoms with Gasteiger partial charge in [0.2, 0.25) is 0 Å². The average Bonchev–Trinajstić information content (AvgIpc) is 2.04. The van der Waals surface area contributed by atoms with Gasteiger partial charge in [-0.05, 0) is 6.92 Å². The molecule has 0 aliphatic heterocycles. The molecule has 0 aromatic heterocycles. The van der Waals surface area contributed by atoms with Crippen LogP contribution in [0.2, 0.25) is 0 Å². The number of hydrogen-bond acceptors (Lipinski definition) is 2. The van der Waals surface area contributed by atoms with Crippen molar-refractivity contribution in [3.05, 3.63) is 0 Å². The molecule has 0 spiro atoms. The normalized spacial score (nSPS) is 12.7. The van der Waals surface area contributed by atoms with Gasteiger partial charge in [-0.25, -0.2) is 22.8 Å². The van der Waals surface area contributed by atoms with E-state index in [-0.39, 0.29) is 0 Å². The summed E-state index contributed by atoms with van der Waals surface area (Å²) in [5.41, 5.74) is 0. The number of alkyl halides is 5. The lowest BCUT2D eigenvalue weighted by Crippen LogP contribution is -2.35. The zero-order valence-electron chi connectivity index (χ0n) is 7.26. The van der Waals surface area contributed by atoms with Crippen molar-refractivity contribution in [3.8, 4) is 0 Å². The SMILES string of the molecule is CC(F)C(=O)O.O=C(O)C(F)(F)C(F)F. The monoisotopic (exact) mass is 238 g/mol. The summed E-state index contributed by atoms with van der Waals surface area (Å²) in [5.74, 6) is -9.13. The third kappa shape index (κ3) is 6.63. The Morgan fingerprint density at radius 3 is 1.40 bits per heavy atom. The molecule has 0 saturated heterocycles. The molecule has 9 heteroatoms. The lowest BCUT2D eigenvalue weighted by Gasteiger charge is -2.07. The Kier molecular flexibility index (Phi) is 6.57. The summed E-state index contributed by atoms with van der Waals surface area (Å²) < 4.78 is 55.7. The van der Waals surface area contributed by atoms with Crippen molar-refractivity contribution in [2.45, 2.75) is 25.4 Å². The highest BCUT2D eigenvalue weighted by Gasteiger charge is 2.49. The summed E-state index contributed by atoms with van der Waals surface area (Å²) in [7, 11) is 0. The third-order valence-corrected chi connectivity index (χ3v) is 0.899. The maximum absolute atomic E-state index is 11.3. The molecular weight excluding hydrogens is 231 g/mol. The minimum atomic E-state index is -4.92. The molecule has 0 rings (SSSR count). The van der Waals surface area contributed by atoms with Crippen molar-refractivity contribution in [1.82, 2.24) is 0 Å². The summed E-state index contributed by atoms with van der Waals surface area (Å²) in [6.07, 6.45) is -5.88. The van der Waals surface area contributed by atoms with Crippen LogP contribution in [-0.2, 0) is 9.59 Å². The van der Waals surface area contributed by atoms with E-state index in [4.69, 9.17) is 10.2 Å². The van der Waals surface area contributed by atoms with Gasteiger partial charge in [0, 0.05) is 0 Å². The van der Waals surface area contributed by atoms with Gasteiger partial charge in [0.15, 0.2) is 6.17 Å². The summed E-state index contributed by atoms with van der Waals surface area (Å²) in [6.45, 7) is 0.975. The largest absolute Gasteiger partial charge is 0.479 e. The van der Waals surface area contributed by atoms with E-state index < -0.39 is 30.5 Å². The molecule has 0 bridgehead atoms. The Morgan fingerprint density at radius 1 is 1.13 bits per heavy atom. The highest BCUT2D eigenvalue weighted by atomic mass is 19.3. The van der Waals surface area contributed by atoms with Crippen molar-refractivity contribution < 1.29 is 41.8 Å². The standard InChI is InChI=1S/C3H2F4O2.C3H5FO2/c4-1(5)3(6,7)2(8)9;1-2(4)3(5)6/h1H,(H,8,9);2H,1H3,(H,5,6). The molecular formula is C6H7F5O4. The number of carboxylic acid groups (broad SMARTS) is 2. The third-order valence-electron chi connectivity index (χ3n) is 0.899. The molecule has 0 aromatic carbocycles. The van der Waals surface area contributed by atoms with Crippen LogP contribution in [0.3, 0.4) is 0 Å². The smallest absolute Gasteiger partial charge is 0.401 e. The number of halogens is 5. The Labute approximate surface area is 80.3 Å². The molecule has 0 fully saturated rings. The van der Waals surface area contributed by atoms with Crippen molar-refractivity contribution in [3.63, 3.8) is 0 Å². The van der Waals surface area contributed by atoms with Gasteiger partial charge in [0.25, 0.3) is 0 Å². The second-order valence-electron chi connectivity index (χ2n) is 2.18. The fourth-order valence-corrected chi connectivity index (χ4v) is 0.0933. The number of rotatable bonds is 3. The van der Waals surface area contributed by atoms with Crippen LogP contribution in [0.15, 0.2) is 0 Å². The van der Waals surface area contributed by atoms with Gasteiger partial charge in [0.05, 0.1) is 0 Å². The maximum Gasteiger partial charge on any atom is 0.401 e. The summed E-state index contributed by atoms with van der Waals surface area (Å²) >= 11 is 0. The fraction of sp³-hybridized carbons (Fsp3) is 0.667. The van der Waals surface area contributed by atoms with Crippen molar-refractivity contribution in [2.24, 2.45) is 0 Å². The molecule has 0 radical (unpaired) electrons. The van der Waals surface area contributed by atoms with Gasteiger partial charge in [-0.15, -0.1) is 0 Å². The lowest BCUT2D eigenvalue weighted by molar-refractivity contribution is -0.187. The van der Waals surface area contributed by atoms with Gasteiger partial charge in [0.1, 0.15) is 0 Å². The van der Waals surface area contributed by atoms with E-state index in [9.17, 15) is 31.5 Å². The quantitative estimate of drug-likeness (QED) is 0.729. The number of carboxylic acids is 2. The Bertz CT molecular complexity index is 228. The van der Waals surface area contributed by atoms with Crippen LogP contribution in [0.25, 0.3) is 0 Å². The fourth-order valence-electron chi connectivity index (χ4n) is 0.0933. The summed E-state index contributed by atoms with van der Waals surface area (Å²) in [5, 5.41) is 15.0. The lowest BCUT2D eigenvalue weighted by atomic mass is 10.4. The van der Waals surface area contributed by atoms with Crippen LogP contribution in [-0.4, -0.2) is 40.7 Å². The molecule has 0 aliphatic carbocycles. The molecule has 0 aliphatic rings. The minimum absolute atomic E-state index is 0.975. The predicted molar refractivity (Wildman–Crippen MR) is 36.8 cm³/mol. The molecule has 1 atom stereocenters. The maximum atomic E-state index is 11.3. The highest BCUT2D eigenvalue weighted by Crippen LogP contribution is 2.22. The second-order valence-corrected chi connectivity index (χ2v) is 2.18. The van der Waals surface area contributed by atoms with Crippen LogP contribution in [0, 0.1) is 0 Å². The number of aliphatic carboxylic acids is 2. The van der Waals surface area contributed by atoms with E-state index >= 15 is 0 Å². The first-order valence-corrected chi connectivity index (χ1v) is 3.29. The van der Waals surface area contributed by atoms with Crippen LogP contribution < -0.4 is 0 Å². The second kappa shape index (κ2) is 6.14. The first-order chi connectivity index (χ1) is 6.53. The van der Waals surface area contributed by atoms with E-state index in [0.29, 0.717) is 0 Å². The Hall–Kier alpha value is -1.41. The molecule has 0 saturated carbocycles. The van der Waals surface area contributed by atoms with Crippen LogP contribution >= 0.6 is 0 Å². The van der Waals surface area contributed by atoms with Gasteiger partial charge in [-0.2, -0.15) is 8.78 Å². The van der Waals surface area contributed by atoms with Crippen molar-refractivity contribution in [2.75, 3.05) is 0 Å². The van der Waals surface area contributed by atoms with E-state index in [1.54, 1.807) is 0 Å². The van der Waals surface area contributed by atoms with Gasteiger partial charge >= 0.3 is 24.3 Å². The molecule has 4 nitrogen and oxygen atoms in total. The molecule has 0 amide bonds. The Morgan fingerprint density at radius 2 is 1.40 bits per heavy atom. The van der Waals surface area contributed by atoms with Crippen molar-refractivity contribution >= 4 is 11.9 Å². The van der Waals surface area contributed by atoms with Crippen LogP contribution in [0.5, 0.6) is 0 Å². The van der Waals surface area contributed by atoms with E-state index in [1.807, 2.05) is 0 Å². The topological polar surface area (TPSA) is 74.6 Å². The molecule has 90 valence electrons. The first-order valence-electron chi connectivity index (χ1n) is 3.29. The zero-order valence-corrected chi connectivity index (χ0v) is 7.26. The van der Waals surface area contributed by atoms with E-state index in [0.717, 1.165) is 6.92 Å². The zero-order chi connectivity index (χ0) is 12.8. The predicted octanol–water partition coefficient (Wildman–Crippen LogP) is 1.40. The van der Waals surface area contributed by atoms with Gasteiger partial charge < -0.3 is 10.2 Å². The van der Waals surface area contributed by atoms with E-state index in [2.05, 4.69) is 0 Å². The highest BCUT2D eigenvalue weighted by molar-refractivity contribution is 5.75. The number of carbonyl (C=O) groups is 2. The van der Waals surface area contributed by atoms with Gasteiger partial charge in [-0.1, -0.05) is 0 Å². The van der Waals surface area contributed by atoms with E-state index in [1.165, 1.54) is 0 Å². The summed E-state index contributed by atoms with van der Waals surface area (Å²) in [6, 6.07) is 0. The van der Waals surface area contributed by atoms with Crippen LogP contribution in [0.4, 0.5) is 22.0 Å². The molecule has 0 heterocycles. The molecule has 15 heavy (non-hydrogen) atoms.